The van der Waals surface area contributed by atoms with Crippen LogP contribution in [0, 0.1) is 12.3 Å². The summed E-state index contributed by atoms with van der Waals surface area (Å²) in [5.74, 6) is 4.43. The maximum absolute atomic E-state index is 5.94. The molecule has 3 nitrogen and oxygen atoms in total. The molecular weight excluding hydrogens is 328 g/mol. The Morgan fingerprint density at radius 1 is 1.20 bits per heavy atom. The Hall–Kier alpha value is -2.64. The van der Waals surface area contributed by atoms with Crippen LogP contribution in [0.4, 0.5) is 0 Å². The zero-order valence-corrected chi connectivity index (χ0v) is 14.8. The molecule has 3 rings (SSSR count). The predicted molar refractivity (Wildman–Crippen MR) is 105 cm³/mol. The molecule has 0 fully saturated rings. The Labute approximate surface area is 152 Å². The summed E-state index contributed by atoms with van der Waals surface area (Å²) in [5.41, 5.74) is 3.19. The van der Waals surface area contributed by atoms with Crippen LogP contribution in [0.1, 0.15) is 5.56 Å². The van der Waals surface area contributed by atoms with E-state index < -0.39 is 0 Å². The van der Waals surface area contributed by atoms with Crippen LogP contribution < -0.4 is 4.74 Å². The molecule has 1 heterocycles. The average Bonchev–Trinajstić information content (AvgIpc) is 2.98. The number of ether oxygens (including phenoxy) is 1. The van der Waals surface area contributed by atoms with Crippen molar-refractivity contribution in [3.05, 3.63) is 66.7 Å². The molecule has 0 saturated heterocycles. The van der Waals surface area contributed by atoms with E-state index in [1.54, 1.807) is 11.8 Å². The smallest absolute Gasteiger partial charge is 0.170 e. The first-order valence-corrected chi connectivity index (χ1v) is 9.15. The van der Waals surface area contributed by atoms with Crippen molar-refractivity contribution in [2.24, 2.45) is 0 Å². The molecule has 0 aliphatic rings. The van der Waals surface area contributed by atoms with Crippen molar-refractivity contribution in [3.63, 3.8) is 0 Å². The van der Waals surface area contributed by atoms with Crippen molar-refractivity contribution >= 4 is 22.8 Å². The van der Waals surface area contributed by atoms with E-state index in [9.17, 15) is 0 Å². The van der Waals surface area contributed by atoms with Crippen molar-refractivity contribution < 1.29 is 4.74 Å². The van der Waals surface area contributed by atoms with E-state index >= 15 is 0 Å². The Balaban J connectivity index is 1.65. The zero-order valence-electron chi connectivity index (χ0n) is 14.0. The highest BCUT2D eigenvalue weighted by Crippen LogP contribution is 2.24. The Morgan fingerprint density at radius 2 is 2.00 bits per heavy atom. The normalized spacial score (nSPS) is 10.5. The monoisotopic (exact) mass is 348 g/mol. The summed E-state index contributed by atoms with van der Waals surface area (Å²) in [4.78, 5) is 4.68. The number of hydrogen-bond acceptors (Lipinski definition) is 3. The lowest BCUT2D eigenvalue weighted by molar-refractivity contribution is 0.340. The van der Waals surface area contributed by atoms with Gasteiger partial charge in [-0.3, -0.25) is 0 Å². The van der Waals surface area contributed by atoms with Gasteiger partial charge in [0.05, 0.1) is 24.2 Å². The fourth-order valence-corrected chi connectivity index (χ4v) is 3.49. The number of rotatable bonds is 8. The van der Waals surface area contributed by atoms with Gasteiger partial charge in [-0.2, -0.15) is 0 Å². The fourth-order valence-electron chi connectivity index (χ4n) is 2.66. The van der Waals surface area contributed by atoms with Gasteiger partial charge in [0.2, 0.25) is 0 Å². The average molecular weight is 348 g/mol. The maximum Gasteiger partial charge on any atom is 0.170 e. The quantitative estimate of drug-likeness (QED) is 0.258. The van der Waals surface area contributed by atoms with Gasteiger partial charge in [-0.15, -0.1) is 13.0 Å². The molecule has 0 N–H and O–H groups in total. The molecule has 0 saturated carbocycles. The Bertz CT molecular complexity index is 908. The third-order valence-corrected chi connectivity index (χ3v) is 4.72. The number of nitrogens with zero attached hydrogens (tertiary/aromatic N) is 2. The maximum atomic E-state index is 5.94. The summed E-state index contributed by atoms with van der Waals surface area (Å²) < 4.78 is 8.01. The molecule has 126 valence electrons. The van der Waals surface area contributed by atoms with Gasteiger partial charge in [-0.1, -0.05) is 54.1 Å². The molecule has 0 unspecified atom stereocenters. The molecular formula is C21H20N2OS. The summed E-state index contributed by atoms with van der Waals surface area (Å²) in [6.07, 6.45) is 8.21. The number of aromatic nitrogens is 2. The van der Waals surface area contributed by atoms with Gasteiger partial charge < -0.3 is 9.30 Å². The minimum Gasteiger partial charge on any atom is -0.492 e. The van der Waals surface area contributed by atoms with Crippen LogP contribution in [0.2, 0.25) is 0 Å². The number of hydrogen-bond donors (Lipinski definition) is 0. The number of para-hydroxylation sites is 3. The van der Waals surface area contributed by atoms with Crippen LogP contribution in [0.15, 0.2) is 66.3 Å². The van der Waals surface area contributed by atoms with E-state index in [0.29, 0.717) is 13.2 Å². The molecule has 25 heavy (non-hydrogen) atoms. The predicted octanol–water partition coefficient (Wildman–Crippen LogP) is 4.57. The largest absolute Gasteiger partial charge is 0.492 e. The highest BCUT2D eigenvalue weighted by molar-refractivity contribution is 7.99. The second-order valence-corrected chi connectivity index (χ2v) is 6.53. The number of terminal acetylenes is 1. The van der Waals surface area contributed by atoms with E-state index in [0.717, 1.165) is 39.7 Å². The van der Waals surface area contributed by atoms with E-state index in [-0.39, 0.29) is 0 Å². The van der Waals surface area contributed by atoms with Crippen LogP contribution in [0.3, 0.4) is 0 Å². The molecule has 0 bridgehead atoms. The third-order valence-electron chi connectivity index (χ3n) is 3.78. The Kier molecular flexibility index (Phi) is 5.81. The van der Waals surface area contributed by atoms with Crippen molar-refractivity contribution in [1.82, 2.24) is 9.55 Å². The van der Waals surface area contributed by atoms with Gasteiger partial charge in [-0.05, 0) is 30.2 Å². The lowest BCUT2D eigenvalue weighted by Crippen LogP contribution is -2.04. The van der Waals surface area contributed by atoms with Gasteiger partial charge >= 0.3 is 0 Å². The molecule has 0 spiro atoms. The number of thioether (sulfide) groups is 1. The molecule has 2 aromatic carbocycles. The van der Waals surface area contributed by atoms with Gasteiger partial charge in [0, 0.05) is 5.75 Å². The number of allylic oxidation sites excluding steroid dienone is 1. The second-order valence-electron chi connectivity index (χ2n) is 5.47. The topological polar surface area (TPSA) is 27.1 Å². The van der Waals surface area contributed by atoms with Crippen molar-refractivity contribution in [2.75, 3.05) is 12.4 Å². The van der Waals surface area contributed by atoms with E-state index in [1.165, 1.54) is 0 Å². The summed E-state index contributed by atoms with van der Waals surface area (Å²) in [5, 5.41) is 0.933. The third kappa shape index (κ3) is 4.07. The summed E-state index contributed by atoms with van der Waals surface area (Å²) in [6.45, 7) is 4.92. The summed E-state index contributed by atoms with van der Waals surface area (Å²) >= 11 is 1.66. The molecule has 1 aromatic heterocycles. The second kappa shape index (κ2) is 8.46. The van der Waals surface area contributed by atoms with E-state index in [4.69, 9.17) is 11.2 Å². The van der Waals surface area contributed by atoms with Crippen LogP contribution in [-0.2, 0) is 13.0 Å². The summed E-state index contributed by atoms with van der Waals surface area (Å²) in [6, 6.07) is 16.1. The van der Waals surface area contributed by atoms with E-state index in [2.05, 4.69) is 28.1 Å². The Morgan fingerprint density at radius 3 is 2.84 bits per heavy atom. The van der Waals surface area contributed by atoms with Crippen LogP contribution in [0.5, 0.6) is 5.75 Å². The zero-order chi connectivity index (χ0) is 17.5. The van der Waals surface area contributed by atoms with Gasteiger partial charge in [0.15, 0.2) is 5.16 Å². The number of imidazole rings is 1. The molecule has 0 aliphatic heterocycles. The van der Waals surface area contributed by atoms with Gasteiger partial charge in [0.1, 0.15) is 5.75 Å². The lowest BCUT2D eigenvalue weighted by atomic mass is 10.1. The molecule has 4 heteroatoms. The van der Waals surface area contributed by atoms with Crippen molar-refractivity contribution in [2.45, 2.75) is 18.1 Å². The van der Waals surface area contributed by atoms with Crippen molar-refractivity contribution in [1.29, 1.82) is 0 Å². The van der Waals surface area contributed by atoms with E-state index in [1.807, 2.05) is 48.5 Å². The van der Waals surface area contributed by atoms with Crippen LogP contribution in [-0.4, -0.2) is 21.9 Å². The fraction of sp³-hybridized carbons (Fsp3) is 0.190. The first-order chi connectivity index (χ1) is 12.3. The standard InChI is InChI=1S/C21H20N2OS/c1-3-9-17-10-5-8-13-20(17)24-15-16-25-21-22-18-11-6-7-12-19(18)23(21)14-4-2/h2-3,5-8,10-13H,1,9,14-16H2. The number of fused-ring (bicyclic) bond motifs is 1. The minimum absolute atomic E-state index is 0.520. The molecule has 0 aliphatic carbocycles. The lowest BCUT2D eigenvalue weighted by Gasteiger charge is -2.10. The van der Waals surface area contributed by atoms with Gasteiger partial charge in [-0.25, -0.2) is 4.98 Å². The van der Waals surface area contributed by atoms with Crippen LogP contribution >= 0.6 is 11.8 Å². The molecule has 0 amide bonds. The van der Waals surface area contributed by atoms with Crippen molar-refractivity contribution in [3.8, 4) is 18.1 Å². The first kappa shape index (κ1) is 17.2. The number of benzene rings is 2. The molecule has 0 atom stereocenters. The first-order valence-electron chi connectivity index (χ1n) is 8.16. The SMILES string of the molecule is C#CCn1c(SCCOc2ccccc2CC=C)nc2ccccc21. The highest BCUT2D eigenvalue weighted by Gasteiger charge is 2.10. The highest BCUT2D eigenvalue weighted by atomic mass is 32.2. The van der Waals surface area contributed by atoms with Crippen LogP contribution in [0.25, 0.3) is 11.0 Å². The minimum atomic E-state index is 0.520. The molecule has 0 radical (unpaired) electrons. The molecule has 3 aromatic rings. The summed E-state index contributed by atoms with van der Waals surface area (Å²) in [7, 11) is 0. The van der Waals surface area contributed by atoms with Gasteiger partial charge in [0.25, 0.3) is 0 Å².